The molecule has 0 saturated heterocycles. The van der Waals surface area contributed by atoms with Crippen molar-refractivity contribution in [1.29, 1.82) is 0 Å². The van der Waals surface area contributed by atoms with Crippen molar-refractivity contribution in [3.63, 3.8) is 0 Å². The number of benzene rings is 1. The summed E-state index contributed by atoms with van der Waals surface area (Å²) < 4.78 is 5.75. The maximum absolute atomic E-state index is 6.16. The first kappa shape index (κ1) is 13.9. The fraction of sp³-hybridized carbons (Fsp3) is 0.400. The number of aromatic nitrogens is 1. The van der Waals surface area contributed by atoms with Gasteiger partial charge in [0.2, 0.25) is 0 Å². The van der Waals surface area contributed by atoms with E-state index in [1.807, 2.05) is 6.07 Å². The lowest BCUT2D eigenvalue weighted by atomic mass is 10.2. The Morgan fingerprint density at radius 2 is 2.15 bits per heavy atom. The van der Waals surface area contributed by atoms with E-state index in [1.54, 1.807) is 18.3 Å². The predicted molar refractivity (Wildman–Crippen MR) is 81.3 cm³/mol. The van der Waals surface area contributed by atoms with Crippen LogP contribution in [0.1, 0.15) is 25.2 Å². The first-order valence-electron chi connectivity index (χ1n) is 6.86. The van der Waals surface area contributed by atoms with E-state index in [0.29, 0.717) is 15.8 Å². The van der Waals surface area contributed by atoms with E-state index in [-0.39, 0.29) is 0 Å². The first-order chi connectivity index (χ1) is 9.72. The Labute approximate surface area is 128 Å². The molecular weight excluding hydrogens is 295 g/mol. The monoisotopic (exact) mass is 310 g/mol. The first-order valence-corrected chi connectivity index (χ1v) is 7.61. The average Bonchev–Trinajstić information content (AvgIpc) is 3.13. The van der Waals surface area contributed by atoms with E-state index < -0.39 is 0 Å². The van der Waals surface area contributed by atoms with Gasteiger partial charge in [-0.15, -0.1) is 0 Å². The van der Waals surface area contributed by atoms with Crippen molar-refractivity contribution < 1.29 is 4.42 Å². The molecule has 1 aromatic carbocycles. The lowest BCUT2D eigenvalue weighted by Gasteiger charge is -2.01. The molecule has 0 radical (unpaired) electrons. The van der Waals surface area contributed by atoms with Crippen LogP contribution in [0.5, 0.6) is 0 Å². The molecule has 2 aromatic rings. The lowest BCUT2D eigenvalue weighted by molar-refractivity contribution is 0.491. The summed E-state index contributed by atoms with van der Waals surface area (Å²) >= 11 is 12.0. The third-order valence-corrected chi connectivity index (χ3v) is 3.88. The fourth-order valence-corrected chi connectivity index (χ4v) is 2.57. The van der Waals surface area contributed by atoms with E-state index in [9.17, 15) is 0 Å². The molecule has 1 fully saturated rings. The van der Waals surface area contributed by atoms with Gasteiger partial charge in [-0.2, -0.15) is 0 Å². The number of hydrogen-bond donors (Lipinski definition) is 1. The van der Waals surface area contributed by atoms with Gasteiger partial charge < -0.3 is 9.73 Å². The minimum absolute atomic E-state index is 0.579. The van der Waals surface area contributed by atoms with E-state index >= 15 is 0 Å². The van der Waals surface area contributed by atoms with Crippen LogP contribution in [-0.4, -0.2) is 17.6 Å². The highest BCUT2D eigenvalue weighted by molar-refractivity contribution is 6.36. The molecule has 0 aliphatic heterocycles. The summed E-state index contributed by atoms with van der Waals surface area (Å²) in [6.07, 6.45) is 6.23. The van der Waals surface area contributed by atoms with Crippen LogP contribution >= 0.6 is 23.2 Å². The van der Waals surface area contributed by atoms with Crippen LogP contribution < -0.4 is 5.32 Å². The second kappa shape index (κ2) is 6.17. The molecule has 1 N–H and O–H groups in total. The Hall–Kier alpha value is -1.03. The molecule has 1 aliphatic rings. The molecule has 0 atom stereocenters. The maximum Gasteiger partial charge on any atom is 0.194 e. The number of nitrogens with one attached hydrogen (secondary N) is 1. The lowest BCUT2D eigenvalue weighted by Crippen LogP contribution is -2.17. The second-order valence-corrected chi connectivity index (χ2v) is 5.92. The van der Waals surface area contributed by atoms with Crippen LogP contribution in [0.4, 0.5) is 0 Å². The van der Waals surface area contributed by atoms with Crippen molar-refractivity contribution in [2.45, 2.75) is 31.7 Å². The van der Waals surface area contributed by atoms with Gasteiger partial charge >= 0.3 is 0 Å². The van der Waals surface area contributed by atoms with Gasteiger partial charge in [0.05, 0.1) is 11.2 Å². The molecule has 0 unspecified atom stereocenters. The molecule has 1 aliphatic carbocycles. The summed E-state index contributed by atoms with van der Waals surface area (Å²) in [6, 6.07) is 6.11. The number of aryl methyl sites for hydroxylation is 1. The van der Waals surface area contributed by atoms with Crippen molar-refractivity contribution in [1.82, 2.24) is 10.3 Å². The highest BCUT2D eigenvalue weighted by Gasteiger charge is 2.19. The average molecular weight is 311 g/mol. The van der Waals surface area contributed by atoms with Crippen LogP contribution in [0.25, 0.3) is 11.3 Å². The summed E-state index contributed by atoms with van der Waals surface area (Å²) in [7, 11) is 0. The summed E-state index contributed by atoms with van der Waals surface area (Å²) in [4.78, 5) is 4.30. The molecule has 106 valence electrons. The molecule has 20 heavy (non-hydrogen) atoms. The van der Waals surface area contributed by atoms with Gasteiger partial charge in [0.1, 0.15) is 0 Å². The van der Waals surface area contributed by atoms with Crippen LogP contribution in [-0.2, 0) is 6.42 Å². The van der Waals surface area contributed by atoms with Crippen molar-refractivity contribution in [3.8, 4) is 11.3 Å². The van der Waals surface area contributed by atoms with E-state index in [0.717, 1.165) is 36.9 Å². The quantitative estimate of drug-likeness (QED) is 0.807. The Bertz CT molecular complexity index is 593. The second-order valence-electron chi connectivity index (χ2n) is 5.07. The van der Waals surface area contributed by atoms with Crippen LogP contribution in [0, 0.1) is 0 Å². The number of halogens is 2. The zero-order valence-corrected chi connectivity index (χ0v) is 12.5. The number of nitrogens with zero attached hydrogens (tertiary/aromatic N) is 1. The van der Waals surface area contributed by atoms with Crippen molar-refractivity contribution in [2.75, 3.05) is 6.54 Å². The Balaban J connectivity index is 1.60. The topological polar surface area (TPSA) is 38.1 Å². The smallest absolute Gasteiger partial charge is 0.194 e. The molecule has 3 nitrogen and oxygen atoms in total. The normalized spacial score (nSPS) is 14.7. The van der Waals surface area contributed by atoms with Gasteiger partial charge in [-0.25, -0.2) is 4.98 Å². The van der Waals surface area contributed by atoms with E-state index in [1.165, 1.54) is 12.8 Å². The third-order valence-electron chi connectivity index (χ3n) is 3.33. The number of hydrogen-bond acceptors (Lipinski definition) is 3. The molecule has 3 rings (SSSR count). The van der Waals surface area contributed by atoms with Gasteiger partial charge in [0.15, 0.2) is 11.7 Å². The van der Waals surface area contributed by atoms with Gasteiger partial charge in [-0.3, -0.25) is 0 Å². The Morgan fingerprint density at radius 3 is 2.90 bits per heavy atom. The highest BCUT2D eigenvalue weighted by atomic mass is 35.5. The van der Waals surface area contributed by atoms with Crippen LogP contribution in [0.3, 0.4) is 0 Å². The molecule has 1 saturated carbocycles. The molecule has 5 heteroatoms. The van der Waals surface area contributed by atoms with Crippen molar-refractivity contribution in [3.05, 3.63) is 40.3 Å². The van der Waals surface area contributed by atoms with E-state index in [4.69, 9.17) is 27.6 Å². The Morgan fingerprint density at radius 1 is 1.30 bits per heavy atom. The zero-order valence-electron chi connectivity index (χ0n) is 11.0. The molecule has 0 bridgehead atoms. The third kappa shape index (κ3) is 3.54. The van der Waals surface area contributed by atoms with Crippen molar-refractivity contribution in [2.24, 2.45) is 0 Å². The minimum Gasteiger partial charge on any atom is -0.441 e. The Kier molecular flexibility index (Phi) is 4.29. The maximum atomic E-state index is 6.16. The summed E-state index contributed by atoms with van der Waals surface area (Å²) in [5.41, 5.74) is 0.825. The molecular formula is C15H16Cl2N2O. The minimum atomic E-state index is 0.579. The number of rotatable bonds is 6. The van der Waals surface area contributed by atoms with Gasteiger partial charge in [0, 0.05) is 23.0 Å². The van der Waals surface area contributed by atoms with Gasteiger partial charge in [-0.05, 0) is 44.0 Å². The van der Waals surface area contributed by atoms with Gasteiger partial charge in [-0.1, -0.05) is 23.2 Å². The van der Waals surface area contributed by atoms with Crippen molar-refractivity contribution >= 4 is 23.2 Å². The zero-order chi connectivity index (χ0) is 13.9. The standard InChI is InChI=1S/C15H16Cl2N2O/c16-10-3-6-12(13(17)8-10)14-9-19-15(20-14)2-1-7-18-11-4-5-11/h3,6,8-9,11,18H,1-2,4-5,7H2. The SMILES string of the molecule is Clc1ccc(-c2cnc(CCCNC3CC3)o2)c(Cl)c1. The molecule has 0 spiro atoms. The van der Waals surface area contributed by atoms with Gasteiger partial charge in [0.25, 0.3) is 0 Å². The largest absolute Gasteiger partial charge is 0.441 e. The summed E-state index contributed by atoms with van der Waals surface area (Å²) in [5, 5.41) is 4.67. The van der Waals surface area contributed by atoms with Crippen LogP contribution in [0.15, 0.2) is 28.8 Å². The fourth-order valence-electron chi connectivity index (χ4n) is 2.07. The predicted octanol–water partition coefficient (Wildman–Crippen LogP) is 4.33. The molecule has 1 aromatic heterocycles. The number of oxazole rings is 1. The molecule has 0 amide bonds. The molecule has 1 heterocycles. The highest BCUT2D eigenvalue weighted by Crippen LogP contribution is 2.30. The summed E-state index contributed by atoms with van der Waals surface area (Å²) in [6.45, 7) is 1.02. The van der Waals surface area contributed by atoms with Crippen LogP contribution in [0.2, 0.25) is 10.0 Å². The summed E-state index contributed by atoms with van der Waals surface area (Å²) in [5.74, 6) is 1.44. The van der Waals surface area contributed by atoms with E-state index in [2.05, 4.69) is 10.3 Å².